The van der Waals surface area contributed by atoms with Gasteiger partial charge in [-0.1, -0.05) is 32.0 Å². The molecule has 0 radical (unpaired) electrons. The van der Waals surface area contributed by atoms with E-state index in [9.17, 15) is 4.79 Å². The van der Waals surface area contributed by atoms with Crippen LogP contribution in [0.2, 0.25) is 0 Å². The molecule has 0 spiro atoms. The standard InChI is InChI=1S/C19H22N4O.2ClH/c1-12(2)17(20)19(24)21-15-8-6-14(7-9-15)16-11-23-10-4-5-13(3)18(23)22-16;;/h4-12,17H,20H2,1-3H3,(H,21,24);2*1H/t17-;;/m0../s1. The molecule has 1 aromatic carbocycles. The first kappa shape index (κ1) is 22.0. The van der Waals surface area contributed by atoms with Crippen LogP contribution in [-0.2, 0) is 4.79 Å². The number of aromatic nitrogens is 2. The molecule has 2 heterocycles. The van der Waals surface area contributed by atoms with Gasteiger partial charge in [0.05, 0.1) is 11.7 Å². The number of nitrogens with one attached hydrogen (secondary N) is 1. The predicted molar refractivity (Wildman–Crippen MR) is 111 cm³/mol. The van der Waals surface area contributed by atoms with E-state index in [0.717, 1.165) is 28.2 Å². The minimum atomic E-state index is -0.508. The highest BCUT2D eigenvalue weighted by Crippen LogP contribution is 2.22. The van der Waals surface area contributed by atoms with Crippen LogP contribution in [0.25, 0.3) is 16.9 Å². The first-order valence-corrected chi connectivity index (χ1v) is 8.07. The molecule has 26 heavy (non-hydrogen) atoms. The zero-order chi connectivity index (χ0) is 17.3. The van der Waals surface area contributed by atoms with Crippen LogP contribution in [0.5, 0.6) is 0 Å². The van der Waals surface area contributed by atoms with E-state index in [1.807, 2.05) is 74.0 Å². The average Bonchev–Trinajstić information content (AvgIpc) is 3.00. The SMILES string of the molecule is Cc1cccn2cc(-c3ccc(NC(=O)[C@@H](N)C(C)C)cc3)nc12.Cl.Cl. The molecule has 5 nitrogen and oxygen atoms in total. The number of carbonyl (C=O) groups is 1. The molecule has 2 aromatic heterocycles. The van der Waals surface area contributed by atoms with E-state index in [2.05, 4.69) is 10.3 Å². The fraction of sp³-hybridized carbons (Fsp3) is 0.263. The first-order valence-electron chi connectivity index (χ1n) is 8.07. The third-order valence-electron chi connectivity index (χ3n) is 4.15. The number of imidazole rings is 1. The van der Waals surface area contributed by atoms with Crippen LogP contribution in [0.4, 0.5) is 5.69 Å². The molecule has 0 bridgehead atoms. The second-order valence-corrected chi connectivity index (χ2v) is 6.38. The van der Waals surface area contributed by atoms with Crippen LogP contribution in [0.1, 0.15) is 19.4 Å². The van der Waals surface area contributed by atoms with Gasteiger partial charge in [-0.15, -0.1) is 24.8 Å². The highest BCUT2D eigenvalue weighted by Gasteiger charge is 2.17. The second kappa shape index (κ2) is 9.03. The number of fused-ring (bicyclic) bond motifs is 1. The van der Waals surface area contributed by atoms with E-state index in [0.29, 0.717) is 0 Å². The quantitative estimate of drug-likeness (QED) is 0.699. The van der Waals surface area contributed by atoms with Crippen LogP contribution in [0.3, 0.4) is 0 Å². The fourth-order valence-electron chi connectivity index (χ4n) is 2.55. The molecule has 3 aromatic rings. The van der Waals surface area contributed by atoms with E-state index in [4.69, 9.17) is 5.73 Å². The van der Waals surface area contributed by atoms with Crippen molar-refractivity contribution in [3.05, 3.63) is 54.4 Å². The smallest absolute Gasteiger partial charge is 0.241 e. The number of hydrogen-bond acceptors (Lipinski definition) is 3. The Labute approximate surface area is 165 Å². The minimum Gasteiger partial charge on any atom is -0.325 e. The molecule has 0 fully saturated rings. The predicted octanol–water partition coefficient (Wildman–Crippen LogP) is 4.08. The lowest BCUT2D eigenvalue weighted by molar-refractivity contribution is -0.118. The van der Waals surface area contributed by atoms with Gasteiger partial charge in [0.2, 0.25) is 5.91 Å². The Morgan fingerprint density at radius 3 is 2.38 bits per heavy atom. The van der Waals surface area contributed by atoms with E-state index < -0.39 is 6.04 Å². The molecule has 0 unspecified atom stereocenters. The summed E-state index contributed by atoms with van der Waals surface area (Å²) in [7, 11) is 0. The Balaban J connectivity index is 0.00000169. The zero-order valence-electron chi connectivity index (χ0n) is 15.0. The van der Waals surface area contributed by atoms with Gasteiger partial charge in [0, 0.05) is 23.6 Å². The Hall–Kier alpha value is -2.08. The van der Waals surface area contributed by atoms with Crippen molar-refractivity contribution in [1.29, 1.82) is 0 Å². The molecule has 1 atom stereocenters. The molecule has 0 saturated heterocycles. The first-order chi connectivity index (χ1) is 11.5. The molecule has 3 N–H and O–H groups in total. The molecule has 3 rings (SSSR count). The summed E-state index contributed by atoms with van der Waals surface area (Å²) in [6.45, 7) is 5.90. The topological polar surface area (TPSA) is 72.4 Å². The van der Waals surface area contributed by atoms with Crippen molar-refractivity contribution in [3.8, 4) is 11.3 Å². The van der Waals surface area contributed by atoms with E-state index in [-0.39, 0.29) is 36.6 Å². The third-order valence-corrected chi connectivity index (χ3v) is 4.15. The summed E-state index contributed by atoms with van der Waals surface area (Å²) < 4.78 is 2.02. The molecule has 0 saturated carbocycles. The maximum absolute atomic E-state index is 12.0. The Morgan fingerprint density at radius 1 is 1.15 bits per heavy atom. The Kier molecular flexibility index (Phi) is 7.63. The van der Waals surface area contributed by atoms with Crippen LogP contribution in [0, 0.1) is 12.8 Å². The van der Waals surface area contributed by atoms with Crippen LogP contribution in [0.15, 0.2) is 48.8 Å². The fourth-order valence-corrected chi connectivity index (χ4v) is 2.55. The summed E-state index contributed by atoms with van der Waals surface area (Å²) in [4.78, 5) is 16.7. The monoisotopic (exact) mass is 394 g/mol. The van der Waals surface area contributed by atoms with Crippen LogP contribution in [-0.4, -0.2) is 21.3 Å². The number of pyridine rings is 1. The molecular formula is C19H24Cl2N4O. The normalized spacial score (nSPS) is 11.6. The van der Waals surface area contributed by atoms with Crippen molar-refractivity contribution in [3.63, 3.8) is 0 Å². The van der Waals surface area contributed by atoms with E-state index >= 15 is 0 Å². The van der Waals surface area contributed by atoms with E-state index in [1.54, 1.807) is 0 Å². The van der Waals surface area contributed by atoms with E-state index in [1.165, 1.54) is 0 Å². The van der Waals surface area contributed by atoms with Gasteiger partial charge in [0.25, 0.3) is 0 Å². The van der Waals surface area contributed by atoms with Crippen LogP contribution < -0.4 is 11.1 Å². The summed E-state index contributed by atoms with van der Waals surface area (Å²) in [5.41, 5.74) is 10.6. The number of benzene rings is 1. The van der Waals surface area contributed by atoms with Gasteiger partial charge in [0.1, 0.15) is 5.65 Å². The summed E-state index contributed by atoms with van der Waals surface area (Å²) in [6.07, 6.45) is 3.99. The summed E-state index contributed by atoms with van der Waals surface area (Å²) in [6, 6.07) is 11.2. The number of nitrogens with zero attached hydrogens (tertiary/aromatic N) is 2. The largest absolute Gasteiger partial charge is 0.325 e. The lowest BCUT2D eigenvalue weighted by Gasteiger charge is -2.15. The molecular weight excluding hydrogens is 371 g/mol. The molecule has 1 amide bonds. The number of halogens is 2. The molecule has 0 aliphatic carbocycles. The van der Waals surface area contributed by atoms with Crippen LogP contribution >= 0.6 is 24.8 Å². The van der Waals surface area contributed by atoms with Crippen molar-refractivity contribution in [2.45, 2.75) is 26.8 Å². The van der Waals surface area contributed by atoms with Crippen molar-refractivity contribution >= 4 is 42.1 Å². The second-order valence-electron chi connectivity index (χ2n) is 6.38. The van der Waals surface area contributed by atoms with Crippen molar-refractivity contribution in [2.75, 3.05) is 5.32 Å². The highest BCUT2D eigenvalue weighted by molar-refractivity contribution is 5.95. The van der Waals surface area contributed by atoms with Gasteiger partial charge in [-0.3, -0.25) is 4.79 Å². The lowest BCUT2D eigenvalue weighted by atomic mass is 10.0. The number of rotatable bonds is 4. The summed E-state index contributed by atoms with van der Waals surface area (Å²) >= 11 is 0. The Morgan fingerprint density at radius 2 is 1.81 bits per heavy atom. The Bertz CT molecular complexity index is 875. The number of nitrogens with two attached hydrogens (primary N) is 1. The van der Waals surface area contributed by atoms with Gasteiger partial charge in [-0.2, -0.15) is 0 Å². The number of amides is 1. The van der Waals surface area contributed by atoms with Gasteiger partial charge >= 0.3 is 0 Å². The number of hydrogen-bond donors (Lipinski definition) is 2. The minimum absolute atomic E-state index is 0. The summed E-state index contributed by atoms with van der Waals surface area (Å²) in [5.74, 6) is -0.0633. The average molecular weight is 395 g/mol. The molecule has 0 aliphatic rings. The summed E-state index contributed by atoms with van der Waals surface area (Å²) in [5, 5.41) is 2.85. The maximum Gasteiger partial charge on any atom is 0.241 e. The zero-order valence-corrected chi connectivity index (χ0v) is 16.6. The van der Waals surface area contributed by atoms with Crippen molar-refractivity contribution in [2.24, 2.45) is 11.7 Å². The number of carbonyl (C=O) groups excluding carboxylic acids is 1. The molecule has 7 heteroatoms. The molecule has 0 aliphatic heterocycles. The number of aryl methyl sites for hydroxylation is 1. The highest BCUT2D eigenvalue weighted by atomic mass is 35.5. The molecule has 140 valence electrons. The third kappa shape index (κ3) is 4.55. The van der Waals surface area contributed by atoms with Crippen molar-refractivity contribution < 1.29 is 4.79 Å². The van der Waals surface area contributed by atoms with Gasteiger partial charge < -0.3 is 15.5 Å². The van der Waals surface area contributed by atoms with Gasteiger partial charge in [-0.25, -0.2) is 4.98 Å². The lowest BCUT2D eigenvalue weighted by Crippen LogP contribution is -2.39. The van der Waals surface area contributed by atoms with Crippen molar-refractivity contribution in [1.82, 2.24) is 9.38 Å². The van der Waals surface area contributed by atoms with Gasteiger partial charge in [-0.05, 0) is 36.6 Å². The maximum atomic E-state index is 12.0. The number of anilines is 1. The van der Waals surface area contributed by atoms with Gasteiger partial charge in [0.15, 0.2) is 0 Å².